The predicted molar refractivity (Wildman–Crippen MR) is 72.8 cm³/mol. The van der Waals surface area contributed by atoms with Crippen LogP contribution >= 0.6 is 15.9 Å². The molecule has 1 atom stereocenters. The first-order chi connectivity index (χ1) is 8.61. The minimum Gasteiger partial charge on any atom is -0.313 e. The maximum atomic E-state index is 14.0. The normalized spacial score (nSPS) is 12.7. The molecular formula is C13H15BrFN3. The zero-order chi connectivity index (χ0) is 13.1. The molecule has 0 aliphatic heterocycles. The van der Waals surface area contributed by atoms with Gasteiger partial charge in [-0.25, -0.2) is 4.39 Å². The average molecular weight is 312 g/mol. The Bertz CT molecular complexity index is 539. The van der Waals surface area contributed by atoms with E-state index < -0.39 is 0 Å². The summed E-state index contributed by atoms with van der Waals surface area (Å²) < 4.78 is 16.3. The van der Waals surface area contributed by atoms with Crippen LogP contribution in [0, 0.1) is 5.82 Å². The predicted octanol–water partition coefficient (Wildman–Crippen LogP) is 2.82. The number of halogens is 2. The van der Waals surface area contributed by atoms with Crippen LogP contribution in [0.5, 0.6) is 0 Å². The van der Waals surface area contributed by atoms with E-state index in [1.807, 2.05) is 26.4 Å². The summed E-state index contributed by atoms with van der Waals surface area (Å²) in [5.74, 6) is -0.208. The van der Waals surface area contributed by atoms with Crippen molar-refractivity contribution in [2.75, 3.05) is 7.05 Å². The maximum Gasteiger partial charge on any atom is 0.142 e. The fourth-order valence-corrected chi connectivity index (χ4v) is 2.35. The Balaban J connectivity index is 2.25. The summed E-state index contributed by atoms with van der Waals surface area (Å²) in [6.45, 7) is 0. The van der Waals surface area contributed by atoms with Crippen molar-refractivity contribution in [3.05, 3.63) is 52.0 Å². The summed E-state index contributed by atoms with van der Waals surface area (Å²) in [5, 5.41) is 7.27. The second-order valence-electron chi connectivity index (χ2n) is 4.21. The van der Waals surface area contributed by atoms with Crippen molar-refractivity contribution in [3.8, 4) is 0 Å². The van der Waals surface area contributed by atoms with E-state index in [-0.39, 0.29) is 11.9 Å². The van der Waals surface area contributed by atoms with Crippen molar-refractivity contribution >= 4 is 15.9 Å². The molecule has 3 nitrogen and oxygen atoms in total. The van der Waals surface area contributed by atoms with Gasteiger partial charge in [-0.3, -0.25) is 4.68 Å². The van der Waals surface area contributed by atoms with Crippen molar-refractivity contribution < 1.29 is 4.39 Å². The molecule has 0 saturated heterocycles. The molecule has 2 rings (SSSR count). The number of rotatable bonds is 4. The molecule has 18 heavy (non-hydrogen) atoms. The fraction of sp³-hybridized carbons (Fsp3) is 0.308. The summed E-state index contributed by atoms with van der Waals surface area (Å²) >= 11 is 3.21. The van der Waals surface area contributed by atoms with Crippen molar-refractivity contribution in [2.24, 2.45) is 7.05 Å². The van der Waals surface area contributed by atoms with Gasteiger partial charge in [0.1, 0.15) is 5.82 Å². The monoisotopic (exact) mass is 311 g/mol. The molecule has 5 heteroatoms. The molecule has 0 aliphatic carbocycles. The van der Waals surface area contributed by atoms with Crippen LogP contribution in [-0.4, -0.2) is 16.8 Å². The number of aromatic nitrogens is 2. The van der Waals surface area contributed by atoms with Gasteiger partial charge < -0.3 is 5.32 Å². The third-order valence-electron chi connectivity index (χ3n) is 2.90. The molecule has 96 valence electrons. The van der Waals surface area contributed by atoms with Gasteiger partial charge in [-0.05, 0) is 41.0 Å². The van der Waals surface area contributed by atoms with Gasteiger partial charge in [-0.15, -0.1) is 0 Å². The molecule has 1 heterocycles. The van der Waals surface area contributed by atoms with Gasteiger partial charge in [0.05, 0.1) is 10.7 Å². The quantitative estimate of drug-likeness (QED) is 0.941. The lowest BCUT2D eigenvalue weighted by Gasteiger charge is -2.17. The topological polar surface area (TPSA) is 29.9 Å². The van der Waals surface area contributed by atoms with Crippen molar-refractivity contribution in [1.29, 1.82) is 0 Å². The van der Waals surface area contributed by atoms with Gasteiger partial charge >= 0.3 is 0 Å². The first kappa shape index (κ1) is 13.2. The summed E-state index contributed by atoms with van der Waals surface area (Å²) in [6.07, 6.45) is 4.46. The molecule has 1 N–H and O–H groups in total. The number of nitrogens with one attached hydrogen (secondary N) is 1. The van der Waals surface area contributed by atoms with Crippen molar-refractivity contribution in [3.63, 3.8) is 0 Å². The molecule has 1 aromatic heterocycles. The lowest BCUT2D eigenvalue weighted by Crippen LogP contribution is -2.20. The molecule has 0 amide bonds. The van der Waals surface area contributed by atoms with Gasteiger partial charge in [-0.1, -0.05) is 12.1 Å². The highest BCUT2D eigenvalue weighted by molar-refractivity contribution is 9.10. The lowest BCUT2D eigenvalue weighted by atomic mass is 10.0. The molecule has 0 spiro atoms. The number of hydrogen-bond acceptors (Lipinski definition) is 2. The summed E-state index contributed by atoms with van der Waals surface area (Å²) in [6, 6.07) is 5.29. The zero-order valence-corrected chi connectivity index (χ0v) is 11.9. The smallest absolute Gasteiger partial charge is 0.142 e. The van der Waals surface area contributed by atoms with Crippen LogP contribution in [0.1, 0.15) is 17.2 Å². The largest absolute Gasteiger partial charge is 0.313 e. The van der Waals surface area contributed by atoms with Gasteiger partial charge in [0.15, 0.2) is 0 Å². The molecule has 1 unspecified atom stereocenters. The molecule has 0 bridgehead atoms. The van der Waals surface area contributed by atoms with Crippen molar-refractivity contribution in [1.82, 2.24) is 15.1 Å². The number of hydrogen-bond donors (Lipinski definition) is 1. The third kappa shape index (κ3) is 2.79. The first-order valence-corrected chi connectivity index (χ1v) is 6.50. The van der Waals surface area contributed by atoms with Crippen LogP contribution in [0.2, 0.25) is 0 Å². The van der Waals surface area contributed by atoms with E-state index in [0.717, 1.165) is 5.56 Å². The lowest BCUT2D eigenvalue weighted by molar-refractivity contribution is 0.530. The first-order valence-electron chi connectivity index (χ1n) is 5.70. The molecular weight excluding hydrogens is 297 g/mol. The molecule has 0 aliphatic rings. The van der Waals surface area contributed by atoms with Crippen LogP contribution in [0.3, 0.4) is 0 Å². The van der Waals surface area contributed by atoms with E-state index in [1.165, 1.54) is 0 Å². The van der Waals surface area contributed by atoms with E-state index >= 15 is 0 Å². The molecule has 2 aromatic rings. The van der Waals surface area contributed by atoms with Crippen LogP contribution in [0.15, 0.2) is 35.1 Å². The van der Waals surface area contributed by atoms with E-state index in [2.05, 4.69) is 26.3 Å². The summed E-state index contributed by atoms with van der Waals surface area (Å²) in [5.41, 5.74) is 1.74. The Hall–Kier alpha value is -1.20. The highest BCUT2D eigenvalue weighted by atomic mass is 79.9. The van der Waals surface area contributed by atoms with Gasteiger partial charge in [0.25, 0.3) is 0 Å². The van der Waals surface area contributed by atoms with E-state index in [4.69, 9.17) is 0 Å². The second-order valence-corrected chi connectivity index (χ2v) is 5.07. The van der Waals surface area contributed by atoms with E-state index in [1.54, 1.807) is 23.0 Å². The number of nitrogens with zero attached hydrogens (tertiary/aromatic N) is 2. The van der Waals surface area contributed by atoms with Crippen molar-refractivity contribution in [2.45, 2.75) is 12.5 Å². The summed E-state index contributed by atoms with van der Waals surface area (Å²) in [4.78, 5) is 0. The SMILES string of the molecule is CNC(Cc1cnn(C)c1)c1cccc(Br)c1F. The van der Waals surface area contributed by atoms with Crippen LogP contribution in [0.25, 0.3) is 0 Å². The van der Waals surface area contributed by atoms with E-state index in [0.29, 0.717) is 16.5 Å². The van der Waals surface area contributed by atoms with E-state index in [9.17, 15) is 4.39 Å². The standard InChI is InChI=1S/C13H15BrFN3/c1-16-12(6-9-7-17-18(2)8-9)10-4-3-5-11(14)13(10)15/h3-5,7-8,12,16H,6H2,1-2H3. The number of likely N-dealkylation sites (N-methyl/N-ethyl adjacent to an activating group) is 1. The Kier molecular flexibility index (Phi) is 4.14. The molecule has 0 radical (unpaired) electrons. The summed E-state index contributed by atoms with van der Waals surface area (Å²) in [7, 11) is 3.71. The minimum absolute atomic E-state index is 0.0632. The Morgan fingerprint density at radius 1 is 1.50 bits per heavy atom. The van der Waals surface area contributed by atoms with Gasteiger partial charge in [-0.2, -0.15) is 5.10 Å². The van der Waals surface area contributed by atoms with Crippen LogP contribution < -0.4 is 5.32 Å². The molecule has 0 fully saturated rings. The molecule has 1 aromatic carbocycles. The van der Waals surface area contributed by atoms with Gasteiger partial charge in [0.2, 0.25) is 0 Å². The van der Waals surface area contributed by atoms with Crippen LogP contribution in [0.4, 0.5) is 4.39 Å². The number of aryl methyl sites for hydroxylation is 1. The van der Waals surface area contributed by atoms with Gasteiger partial charge in [0, 0.05) is 24.8 Å². The highest BCUT2D eigenvalue weighted by Crippen LogP contribution is 2.25. The minimum atomic E-state index is -0.208. The average Bonchev–Trinajstić information content (AvgIpc) is 2.76. The maximum absolute atomic E-state index is 14.0. The number of benzene rings is 1. The highest BCUT2D eigenvalue weighted by Gasteiger charge is 2.16. The van der Waals surface area contributed by atoms with Crippen LogP contribution in [-0.2, 0) is 13.5 Å². The fourth-order valence-electron chi connectivity index (χ4n) is 1.97. The Morgan fingerprint density at radius 3 is 2.89 bits per heavy atom. The molecule has 0 saturated carbocycles. The second kappa shape index (κ2) is 5.63. The zero-order valence-electron chi connectivity index (χ0n) is 10.3. The Morgan fingerprint density at radius 2 is 2.28 bits per heavy atom. The third-order valence-corrected chi connectivity index (χ3v) is 3.52. The Labute approximate surface area is 114 Å².